The highest BCUT2D eigenvalue weighted by Crippen LogP contribution is 2.37. The Morgan fingerprint density at radius 1 is 1.17 bits per heavy atom. The van der Waals surface area contributed by atoms with Crippen LogP contribution in [-0.2, 0) is 0 Å². The first kappa shape index (κ1) is 14.5. The Labute approximate surface area is 141 Å². The molecule has 0 radical (unpaired) electrons. The van der Waals surface area contributed by atoms with Crippen LogP contribution in [-0.4, -0.2) is 28.0 Å². The Morgan fingerprint density at radius 2 is 2.00 bits per heavy atom. The van der Waals surface area contributed by atoms with Gasteiger partial charge in [0.2, 0.25) is 11.2 Å². The van der Waals surface area contributed by atoms with Gasteiger partial charge in [-0.1, -0.05) is 17.4 Å². The molecule has 2 aromatic heterocycles. The lowest BCUT2D eigenvalue weighted by molar-refractivity contribution is 0.469. The molecule has 1 aliphatic rings. The third-order valence-electron chi connectivity index (χ3n) is 3.63. The number of rotatable bonds is 3. The maximum atomic E-state index is 6.01. The average molecular weight is 348 g/mol. The number of aromatic nitrogens is 3. The van der Waals surface area contributed by atoms with E-state index in [1.807, 2.05) is 12.1 Å². The van der Waals surface area contributed by atoms with Crippen LogP contribution in [0, 0.1) is 0 Å². The summed E-state index contributed by atoms with van der Waals surface area (Å²) in [6.07, 6.45) is 2.38. The third kappa shape index (κ3) is 2.89. The van der Waals surface area contributed by atoms with Crippen LogP contribution >= 0.6 is 22.9 Å². The number of halogens is 1. The van der Waals surface area contributed by atoms with Gasteiger partial charge < -0.3 is 15.4 Å². The molecule has 6 nitrogen and oxygen atoms in total. The first-order valence-corrected chi connectivity index (χ1v) is 8.51. The van der Waals surface area contributed by atoms with Crippen molar-refractivity contribution in [3.05, 3.63) is 29.5 Å². The molecule has 0 saturated carbocycles. The maximum Gasteiger partial charge on any atom is 0.243 e. The zero-order valence-electron chi connectivity index (χ0n) is 12.2. The minimum atomic E-state index is 0.120. The van der Waals surface area contributed by atoms with Crippen LogP contribution in [0.1, 0.15) is 12.8 Å². The lowest BCUT2D eigenvalue weighted by Gasteiger charge is -2.11. The second-order valence-corrected chi connectivity index (χ2v) is 6.63. The Hall–Kier alpha value is -2.12. The minimum absolute atomic E-state index is 0.120. The van der Waals surface area contributed by atoms with Gasteiger partial charge in [-0.15, -0.1) is 0 Å². The zero-order valence-corrected chi connectivity index (χ0v) is 13.8. The van der Waals surface area contributed by atoms with E-state index in [1.54, 1.807) is 12.1 Å². The van der Waals surface area contributed by atoms with E-state index in [-0.39, 0.29) is 5.28 Å². The van der Waals surface area contributed by atoms with Gasteiger partial charge in [0.25, 0.3) is 0 Å². The zero-order chi connectivity index (χ0) is 15.8. The molecule has 1 fully saturated rings. The number of anilines is 2. The number of benzene rings is 1. The molecule has 0 aliphatic carbocycles. The van der Waals surface area contributed by atoms with E-state index in [4.69, 9.17) is 22.1 Å². The van der Waals surface area contributed by atoms with Crippen molar-refractivity contribution in [2.75, 3.05) is 23.7 Å². The van der Waals surface area contributed by atoms with Crippen LogP contribution < -0.4 is 15.4 Å². The molecule has 1 aromatic carbocycles. The van der Waals surface area contributed by atoms with Crippen molar-refractivity contribution in [2.24, 2.45) is 0 Å². The Bertz CT molecular complexity index is 862. The van der Waals surface area contributed by atoms with Crippen LogP contribution in [0.5, 0.6) is 11.6 Å². The van der Waals surface area contributed by atoms with Crippen LogP contribution in [0.4, 0.5) is 10.8 Å². The number of hydrogen-bond donors (Lipinski definition) is 1. The van der Waals surface area contributed by atoms with E-state index in [9.17, 15) is 0 Å². The first-order valence-electron chi connectivity index (χ1n) is 7.31. The van der Waals surface area contributed by atoms with E-state index in [2.05, 4.69) is 19.9 Å². The molecule has 1 saturated heterocycles. The fourth-order valence-electron chi connectivity index (χ4n) is 2.57. The van der Waals surface area contributed by atoms with Crippen molar-refractivity contribution in [1.29, 1.82) is 0 Å². The summed E-state index contributed by atoms with van der Waals surface area (Å²) in [5.41, 5.74) is 6.98. The highest BCUT2D eigenvalue weighted by Gasteiger charge is 2.20. The van der Waals surface area contributed by atoms with Gasteiger partial charge in [0, 0.05) is 24.8 Å². The monoisotopic (exact) mass is 347 g/mol. The summed E-state index contributed by atoms with van der Waals surface area (Å²) in [5, 5.41) is 1.06. The maximum absolute atomic E-state index is 6.01. The normalized spacial score (nSPS) is 14.6. The van der Waals surface area contributed by atoms with E-state index in [0.29, 0.717) is 23.0 Å². The van der Waals surface area contributed by atoms with Crippen LogP contribution in [0.25, 0.3) is 10.3 Å². The van der Waals surface area contributed by atoms with E-state index < -0.39 is 0 Å². The molecule has 3 aromatic rings. The fraction of sp³-hybridized carbons (Fsp3) is 0.267. The second kappa shape index (κ2) is 5.82. The van der Waals surface area contributed by atoms with Crippen molar-refractivity contribution in [1.82, 2.24) is 15.0 Å². The minimum Gasteiger partial charge on any atom is -0.437 e. The number of fused-ring (bicyclic) bond motifs is 1. The van der Waals surface area contributed by atoms with Gasteiger partial charge in [0.05, 0.1) is 0 Å². The molecule has 0 amide bonds. The molecule has 8 heteroatoms. The molecular weight excluding hydrogens is 334 g/mol. The highest BCUT2D eigenvalue weighted by molar-refractivity contribution is 7.22. The quantitative estimate of drug-likeness (QED) is 0.574. The Balaban J connectivity index is 1.75. The summed E-state index contributed by atoms with van der Waals surface area (Å²) in [4.78, 5) is 15.3. The van der Waals surface area contributed by atoms with Gasteiger partial charge in [0.15, 0.2) is 10.8 Å². The standard InChI is InChI=1S/C15H14ClN5OS/c16-14-18-12-11(23-15(19-12)21-6-1-2-7-21)13(20-14)22-10-5-3-4-9(17)8-10/h3-5,8H,1-2,6-7,17H2. The number of ether oxygens (including phenoxy) is 1. The SMILES string of the molecule is Nc1cccc(Oc2nc(Cl)nc3nc(N4CCCC4)sc23)c1. The number of nitrogens with two attached hydrogens (primary N) is 1. The molecule has 0 atom stereocenters. The second-order valence-electron chi connectivity index (χ2n) is 5.32. The summed E-state index contributed by atoms with van der Waals surface area (Å²) < 4.78 is 6.66. The van der Waals surface area contributed by atoms with Crippen molar-refractivity contribution in [3.8, 4) is 11.6 Å². The Kier molecular flexibility index (Phi) is 3.66. The van der Waals surface area contributed by atoms with Crippen LogP contribution in [0.2, 0.25) is 5.28 Å². The fourth-order valence-corrected chi connectivity index (χ4v) is 3.71. The topological polar surface area (TPSA) is 77.2 Å². The number of nitrogen functional groups attached to an aromatic ring is 1. The van der Waals surface area contributed by atoms with E-state index >= 15 is 0 Å². The number of thiazole rings is 1. The summed E-state index contributed by atoms with van der Waals surface area (Å²) >= 11 is 7.54. The van der Waals surface area contributed by atoms with Crippen molar-refractivity contribution < 1.29 is 4.74 Å². The molecule has 0 spiro atoms. The smallest absolute Gasteiger partial charge is 0.243 e. The van der Waals surface area contributed by atoms with Gasteiger partial charge in [-0.3, -0.25) is 0 Å². The summed E-state index contributed by atoms with van der Waals surface area (Å²) in [6, 6.07) is 7.19. The van der Waals surface area contributed by atoms with E-state index in [1.165, 1.54) is 24.2 Å². The molecule has 23 heavy (non-hydrogen) atoms. The average Bonchev–Trinajstić information content (AvgIpc) is 3.15. The van der Waals surface area contributed by atoms with Crippen LogP contribution in [0.3, 0.4) is 0 Å². The largest absolute Gasteiger partial charge is 0.437 e. The predicted octanol–water partition coefficient (Wildman–Crippen LogP) is 3.71. The molecule has 2 N–H and O–H groups in total. The van der Waals surface area contributed by atoms with Gasteiger partial charge in [0.1, 0.15) is 10.4 Å². The lowest BCUT2D eigenvalue weighted by Crippen LogP contribution is -2.16. The van der Waals surface area contributed by atoms with Gasteiger partial charge in [-0.25, -0.2) is 0 Å². The summed E-state index contributed by atoms with van der Waals surface area (Å²) in [6.45, 7) is 2.04. The lowest BCUT2D eigenvalue weighted by atomic mass is 10.3. The Morgan fingerprint density at radius 3 is 2.78 bits per heavy atom. The predicted molar refractivity (Wildman–Crippen MR) is 92.6 cm³/mol. The van der Waals surface area contributed by atoms with Crippen molar-refractivity contribution >= 4 is 44.1 Å². The summed E-state index contributed by atoms with van der Waals surface area (Å²) in [5.74, 6) is 1.02. The molecule has 4 rings (SSSR count). The van der Waals surface area contributed by atoms with Gasteiger partial charge in [-0.2, -0.15) is 15.0 Å². The highest BCUT2D eigenvalue weighted by atomic mass is 35.5. The van der Waals surface area contributed by atoms with Crippen molar-refractivity contribution in [2.45, 2.75) is 12.8 Å². The third-order valence-corrected chi connectivity index (χ3v) is 4.90. The molecular formula is C15H14ClN5OS. The molecule has 0 bridgehead atoms. The molecule has 0 unspecified atom stereocenters. The summed E-state index contributed by atoms with van der Waals surface area (Å²) in [7, 11) is 0. The van der Waals surface area contributed by atoms with Gasteiger partial charge in [-0.05, 0) is 36.6 Å². The van der Waals surface area contributed by atoms with Crippen molar-refractivity contribution in [3.63, 3.8) is 0 Å². The van der Waals surface area contributed by atoms with E-state index in [0.717, 1.165) is 22.9 Å². The number of nitrogens with zero attached hydrogens (tertiary/aromatic N) is 4. The van der Waals surface area contributed by atoms with Gasteiger partial charge >= 0.3 is 0 Å². The van der Waals surface area contributed by atoms with Crippen LogP contribution in [0.15, 0.2) is 24.3 Å². The molecule has 1 aliphatic heterocycles. The first-order chi connectivity index (χ1) is 11.2. The molecule has 3 heterocycles. The molecule has 118 valence electrons. The number of hydrogen-bond acceptors (Lipinski definition) is 7.